The first-order valence-electron chi connectivity index (χ1n) is 10.2. The topological polar surface area (TPSA) is 0 Å². The summed E-state index contributed by atoms with van der Waals surface area (Å²) in [6, 6.07) is 4.48. The molecule has 0 heterocycles. The zero-order chi connectivity index (χ0) is 17.9. The average Bonchev–Trinajstić information content (AvgIpc) is 2.59. The molecule has 0 saturated heterocycles. The van der Waals surface area contributed by atoms with Crippen LogP contribution in [0.1, 0.15) is 101 Å². The van der Waals surface area contributed by atoms with Gasteiger partial charge in [0.2, 0.25) is 0 Å². The highest BCUT2D eigenvalue weighted by molar-refractivity contribution is 6.78. The Morgan fingerprint density at radius 2 is 0.909 bits per heavy atom. The SMILES string of the molecule is CCC(C)(CC)CC.CCC(CC)(CC)C[Si](C)(CC)CC. The molecule has 0 aliphatic rings. The van der Waals surface area contributed by atoms with Gasteiger partial charge in [0.1, 0.15) is 0 Å². The Morgan fingerprint density at radius 3 is 1.05 bits per heavy atom. The molecule has 0 saturated carbocycles. The van der Waals surface area contributed by atoms with Gasteiger partial charge in [0.25, 0.3) is 0 Å². The van der Waals surface area contributed by atoms with Crippen molar-refractivity contribution in [1.82, 2.24) is 0 Å². The van der Waals surface area contributed by atoms with Crippen LogP contribution in [0.15, 0.2) is 0 Å². The van der Waals surface area contributed by atoms with E-state index in [1.54, 1.807) is 6.04 Å². The Bertz CT molecular complexity index is 228. The molecular formula is C21H48Si. The third-order valence-corrected chi connectivity index (χ3v) is 12.3. The van der Waals surface area contributed by atoms with Crippen LogP contribution in [0.2, 0.25) is 24.7 Å². The molecule has 0 rings (SSSR count). The van der Waals surface area contributed by atoms with E-state index in [1.165, 1.54) is 50.6 Å². The van der Waals surface area contributed by atoms with Crippen molar-refractivity contribution in [2.24, 2.45) is 10.8 Å². The van der Waals surface area contributed by atoms with Crippen molar-refractivity contribution in [3.05, 3.63) is 0 Å². The quantitative estimate of drug-likeness (QED) is 0.352. The maximum Gasteiger partial charge on any atom is 0.0504 e. The first kappa shape index (κ1) is 24.5. The van der Waals surface area contributed by atoms with Gasteiger partial charge in [-0.15, -0.1) is 0 Å². The molecule has 1 heteroatoms. The van der Waals surface area contributed by atoms with Crippen molar-refractivity contribution in [3.63, 3.8) is 0 Å². The molecule has 0 atom stereocenters. The summed E-state index contributed by atoms with van der Waals surface area (Å²) in [7, 11) is -0.896. The molecule has 0 amide bonds. The first-order chi connectivity index (χ1) is 10.2. The molecule has 0 radical (unpaired) electrons. The van der Waals surface area contributed by atoms with Gasteiger partial charge in [0.05, 0.1) is 8.07 Å². The summed E-state index contributed by atoms with van der Waals surface area (Å²) in [4.78, 5) is 0. The normalized spacial score (nSPS) is 12.8. The number of hydrogen-bond acceptors (Lipinski definition) is 0. The molecule has 0 aromatic rings. The van der Waals surface area contributed by atoms with Crippen LogP contribution >= 0.6 is 0 Å². The van der Waals surface area contributed by atoms with Gasteiger partial charge in [-0.05, 0) is 10.8 Å². The molecule has 0 spiro atoms. The Hall–Kier alpha value is 0.217. The van der Waals surface area contributed by atoms with Gasteiger partial charge in [0.15, 0.2) is 0 Å². The lowest BCUT2D eigenvalue weighted by molar-refractivity contribution is 0.281. The van der Waals surface area contributed by atoms with Crippen LogP contribution in [0.4, 0.5) is 0 Å². The van der Waals surface area contributed by atoms with Crippen LogP contribution in [0, 0.1) is 10.8 Å². The monoisotopic (exact) mass is 328 g/mol. The standard InChI is InChI=1S/C13H30Si.C8H18/c1-7-13(8-2,9-3)12-14(6,10-4)11-5;1-5-8(4,6-2)7-3/h7-12H2,1-6H3;5-7H2,1-4H3. The fourth-order valence-electron chi connectivity index (χ4n) is 3.28. The summed E-state index contributed by atoms with van der Waals surface area (Å²) in [5.74, 6) is 0. The highest BCUT2D eigenvalue weighted by Gasteiger charge is 2.34. The average molecular weight is 329 g/mol. The molecule has 0 fully saturated rings. The Labute approximate surface area is 144 Å². The largest absolute Gasteiger partial charge is 0.0691 e. The minimum atomic E-state index is -0.896. The molecule has 0 nitrogen and oxygen atoms in total. The lowest BCUT2D eigenvalue weighted by Crippen LogP contribution is -2.36. The van der Waals surface area contributed by atoms with Crippen LogP contribution < -0.4 is 0 Å². The Balaban J connectivity index is 0. The van der Waals surface area contributed by atoms with Gasteiger partial charge in [-0.25, -0.2) is 0 Å². The zero-order valence-corrected chi connectivity index (χ0v) is 18.9. The van der Waals surface area contributed by atoms with E-state index in [0.717, 1.165) is 0 Å². The van der Waals surface area contributed by atoms with Crippen LogP contribution in [0.25, 0.3) is 0 Å². The van der Waals surface area contributed by atoms with Crippen LogP contribution in [-0.4, -0.2) is 8.07 Å². The predicted molar refractivity (Wildman–Crippen MR) is 110 cm³/mol. The second kappa shape index (κ2) is 11.7. The van der Waals surface area contributed by atoms with Crippen molar-refractivity contribution < 1.29 is 0 Å². The molecule has 0 N–H and O–H groups in total. The maximum atomic E-state index is 2.60. The highest BCUT2D eigenvalue weighted by atomic mass is 28.3. The van der Waals surface area contributed by atoms with Gasteiger partial charge in [-0.3, -0.25) is 0 Å². The fraction of sp³-hybridized carbons (Fsp3) is 1.00. The molecule has 0 aromatic carbocycles. The highest BCUT2D eigenvalue weighted by Crippen LogP contribution is 2.41. The second-order valence-corrected chi connectivity index (χ2v) is 13.5. The molecule has 22 heavy (non-hydrogen) atoms. The molecule has 136 valence electrons. The van der Waals surface area contributed by atoms with Crippen LogP contribution in [0.3, 0.4) is 0 Å². The van der Waals surface area contributed by atoms with E-state index in [-0.39, 0.29) is 0 Å². The first-order valence-corrected chi connectivity index (χ1v) is 13.3. The molecular weight excluding hydrogens is 280 g/mol. The van der Waals surface area contributed by atoms with E-state index in [2.05, 4.69) is 68.9 Å². The lowest BCUT2D eigenvalue weighted by atomic mass is 9.82. The van der Waals surface area contributed by atoms with Crippen molar-refractivity contribution in [3.8, 4) is 0 Å². The van der Waals surface area contributed by atoms with Gasteiger partial charge in [0, 0.05) is 0 Å². The zero-order valence-electron chi connectivity index (χ0n) is 17.9. The minimum Gasteiger partial charge on any atom is -0.0691 e. The third kappa shape index (κ3) is 8.18. The second-order valence-electron chi connectivity index (χ2n) is 8.13. The molecule has 0 aromatic heterocycles. The minimum absolute atomic E-state index is 0.625. The fourth-order valence-corrected chi connectivity index (χ4v) is 6.84. The van der Waals surface area contributed by atoms with Crippen molar-refractivity contribution in [2.75, 3.05) is 0 Å². The van der Waals surface area contributed by atoms with E-state index in [0.29, 0.717) is 10.8 Å². The molecule has 0 bridgehead atoms. The number of hydrogen-bond donors (Lipinski definition) is 0. The molecule has 0 unspecified atom stereocenters. The predicted octanol–water partition coefficient (Wildman–Crippen LogP) is 8.54. The van der Waals surface area contributed by atoms with Gasteiger partial charge < -0.3 is 0 Å². The van der Waals surface area contributed by atoms with E-state index >= 15 is 0 Å². The van der Waals surface area contributed by atoms with Crippen LogP contribution in [-0.2, 0) is 0 Å². The van der Waals surface area contributed by atoms with Crippen molar-refractivity contribution >= 4 is 8.07 Å². The maximum absolute atomic E-state index is 2.60. The van der Waals surface area contributed by atoms with E-state index in [1.807, 2.05) is 0 Å². The summed E-state index contributed by atoms with van der Waals surface area (Å²) < 4.78 is 0. The molecule has 0 aliphatic heterocycles. The lowest BCUT2D eigenvalue weighted by Gasteiger charge is -2.39. The Morgan fingerprint density at radius 1 is 0.591 bits per heavy atom. The summed E-state index contributed by atoms with van der Waals surface area (Å²) >= 11 is 0. The van der Waals surface area contributed by atoms with Crippen molar-refractivity contribution in [2.45, 2.75) is 126 Å². The smallest absolute Gasteiger partial charge is 0.0504 e. The number of rotatable bonds is 10. The van der Waals surface area contributed by atoms with Gasteiger partial charge in [-0.2, -0.15) is 0 Å². The Kier molecular flexibility index (Phi) is 13.0. The summed E-state index contributed by atoms with van der Waals surface area (Å²) in [6.45, 7) is 23.7. The van der Waals surface area contributed by atoms with Crippen molar-refractivity contribution in [1.29, 1.82) is 0 Å². The molecule has 0 aliphatic carbocycles. The summed E-state index contributed by atoms with van der Waals surface area (Å²) in [6.07, 6.45) is 8.09. The van der Waals surface area contributed by atoms with Crippen LogP contribution in [0.5, 0.6) is 0 Å². The van der Waals surface area contributed by atoms with E-state index in [4.69, 9.17) is 0 Å². The van der Waals surface area contributed by atoms with Gasteiger partial charge in [-0.1, -0.05) is 126 Å². The van der Waals surface area contributed by atoms with E-state index < -0.39 is 8.07 Å². The van der Waals surface area contributed by atoms with Gasteiger partial charge >= 0.3 is 0 Å². The summed E-state index contributed by atoms with van der Waals surface area (Å²) in [5, 5.41) is 0. The summed E-state index contributed by atoms with van der Waals surface area (Å²) in [5.41, 5.74) is 1.30. The third-order valence-electron chi connectivity index (χ3n) is 7.32. The van der Waals surface area contributed by atoms with E-state index in [9.17, 15) is 0 Å².